The summed E-state index contributed by atoms with van der Waals surface area (Å²) in [6, 6.07) is 14.5. The van der Waals surface area contributed by atoms with Crippen LogP contribution in [-0.4, -0.2) is 73.9 Å². The molecular weight excluding hydrogens is 386 g/mol. The summed E-state index contributed by atoms with van der Waals surface area (Å²) in [4.78, 5) is 17.2. The SMILES string of the molecule is C[C@H](C(=O)N[C@H]1CCS(=O)(=O)C1)N1CCN(Cc2cccc3ccccc23)CC1. The highest BCUT2D eigenvalue weighted by Gasteiger charge is 2.32. The van der Waals surface area contributed by atoms with E-state index in [1.165, 1.54) is 16.3 Å². The van der Waals surface area contributed by atoms with Crippen LogP contribution >= 0.6 is 0 Å². The second-order valence-corrected chi connectivity index (χ2v) is 10.5. The summed E-state index contributed by atoms with van der Waals surface area (Å²) in [5, 5.41) is 5.50. The number of nitrogens with one attached hydrogen (secondary N) is 1. The third kappa shape index (κ3) is 4.79. The Balaban J connectivity index is 1.30. The molecule has 2 atom stereocenters. The molecule has 2 aliphatic rings. The Hall–Kier alpha value is -1.96. The largest absolute Gasteiger partial charge is 0.351 e. The zero-order valence-electron chi connectivity index (χ0n) is 16.9. The maximum atomic E-state index is 12.6. The predicted octanol–water partition coefficient (Wildman–Crippen LogP) is 1.65. The van der Waals surface area contributed by atoms with E-state index in [1.807, 2.05) is 6.92 Å². The lowest BCUT2D eigenvalue weighted by atomic mass is 10.0. The minimum Gasteiger partial charge on any atom is -0.351 e. The van der Waals surface area contributed by atoms with Crippen LogP contribution in [0.1, 0.15) is 18.9 Å². The Bertz CT molecular complexity index is 978. The van der Waals surface area contributed by atoms with Crippen molar-refractivity contribution in [3.05, 3.63) is 48.0 Å². The minimum absolute atomic E-state index is 0.0606. The normalized spacial score (nSPS) is 23.8. The standard InChI is InChI=1S/C22H29N3O3S/c1-17(22(26)23-20-9-14-29(27,28)16-20)25-12-10-24(11-13-25)15-19-7-4-6-18-5-2-3-8-21(18)19/h2-8,17,20H,9-16H2,1H3,(H,23,26)/t17-,20+/m1/s1. The van der Waals surface area contributed by atoms with Crippen molar-refractivity contribution in [2.75, 3.05) is 37.7 Å². The number of hydrogen-bond acceptors (Lipinski definition) is 5. The smallest absolute Gasteiger partial charge is 0.237 e. The van der Waals surface area contributed by atoms with Gasteiger partial charge in [0.1, 0.15) is 0 Å². The molecule has 2 heterocycles. The van der Waals surface area contributed by atoms with Crippen LogP contribution in [0.15, 0.2) is 42.5 Å². The number of piperazine rings is 1. The molecule has 0 radical (unpaired) electrons. The Kier molecular flexibility index (Phi) is 5.90. The van der Waals surface area contributed by atoms with Crippen molar-refractivity contribution >= 4 is 26.5 Å². The second kappa shape index (κ2) is 8.42. The third-order valence-corrected chi connectivity index (χ3v) is 7.95. The highest BCUT2D eigenvalue weighted by molar-refractivity contribution is 7.91. The molecule has 2 aromatic rings. The average Bonchev–Trinajstić information content (AvgIpc) is 3.06. The average molecular weight is 416 g/mol. The zero-order chi connectivity index (χ0) is 20.4. The van der Waals surface area contributed by atoms with Gasteiger partial charge in [-0.05, 0) is 29.7 Å². The molecule has 0 bridgehead atoms. The van der Waals surface area contributed by atoms with Gasteiger partial charge in [0.25, 0.3) is 0 Å². The van der Waals surface area contributed by atoms with E-state index in [2.05, 4.69) is 57.6 Å². The molecule has 2 fully saturated rings. The molecule has 6 nitrogen and oxygen atoms in total. The van der Waals surface area contributed by atoms with Crippen LogP contribution < -0.4 is 5.32 Å². The Labute approximate surface area is 172 Å². The number of rotatable bonds is 5. The monoisotopic (exact) mass is 415 g/mol. The number of carbonyl (C=O) groups excluding carboxylic acids is 1. The Morgan fingerprint density at radius 1 is 1.10 bits per heavy atom. The van der Waals surface area contributed by atoms with Crippen LogP contribution in [-0.2, 0) is 21.2 Å². The molecule has 29 heavy (non-hydrogen) atoms. The fraction of sp³-hybridized carbons (Fsp3) is 0.500. The van der Waals surface area contributed by atoms with Gasteiger partial charge in [0, 0.05) is 38.8 Å². The van der Waals surface area contributed by atoms with E-state index in [0.717, 1.165) is 32.7 Å². The van der Waals surface area contributed by atoms with Gasteiger partial charge >= 0.3 is 0 Å². The minimum atomic E-state index is -2.98. The summed E-state index contributed by atoms with van der Waals surface area (Å²) in [6.45, 7) is 6.33. The first-order chi connectivity index (χ1) is 13.9. The number of hydrogen-bond donors (Lipinski definition) is 1. The number of benzene rings is 2. The van der Waals surface area contributed by atoms with E-state index >= 15 is 0 Å². The summed E-state index contributed by atoms with van der Waals surface area (Å²) in [5.74, 6) is 0.193. The number of carbonyl (C=O) groups is 1. The first-order valence-corrected chi connectivity index (χ1v) is 12.2. The van der Waals surface area contributed by atoms with Crippen LogP contribution in [0.3, 0.4) is 0 Å². The third-order valence-electron chi connectivity index (χ3n) is 6.19. The van der Waals surface area contributed by atoms with Gasteiger partial charge in [0.15, 0.2) is 9.84 Å². The van der Waals surface area contributed by atoms with Crippen LogP contribution in [0.2, 0.25) is 0 Å². The van der Waals surface area contributed by atoms with E-state index in [1.54, 1.807) is 0 Å². The van der Waals surface area contributed by atoms with Crippen LogP contribution in [0.4, 0.5) is 0 Å². The topological polar surface area (TPSA) is 69.7 Å². The highest BCUT2D eigenvalue weighted by Crippen LogP contribution is 2.21. The Morgan fingerprint density at radius 2 is 1.83 bits per heavy atom. The van der Waals surface area contributed by atoms with Gasteiger partial charge in [0.05, 0.1) is 17.5 Å². The van der Waals surface area contributed by atoms with Crippen molar-refractivity contribution in [3.63, 3.8) is 0 Å². The van der Waals surface area contributed by atoms with Gasteiger partial charge in [-0.2, -0.15) is 0 Å². The van der Waals surface area contributed by atoms with Crippen molar-refractivity contribution in [3.8, 4) is 0 Å². The van der Waals surface area contributed by atoms with E-state index in [4.69, 9.17) is 0 Å². The van der Waals surface area contributed by atoms with Crippen molar-refractivity contribution in [1.82, 2.24) is 15.1 Å². The molecule has 0 aliphatic carbocycles. The molecular formula is C22H29N3O3S. The predicted molar refractivity (Wildman–Crippen MR) is 115 cm³/mol. The first-order valence-electron chi connectivity index (χ1n) is 10.4. The van der Waals surface area contributed by atoms with E-state index < -0.39 is 9.84 Å². The zero-order valence-corrected chi connectivity index (χ0v) is 17.7. The van der Waals surface area contributed by atoms with Crippen LogP contribution in [0.25, 0.3) is 10.8 Å². The molecule has 4 rings (SSSR count). The lowest BCUT2D eigenvalue weighted by molar-refractivity contribution is -0.127. The lowest BCUT2D eigenvalue weighted by Crippen LogP contribution is -2.54. The molecule has 2 saturated heterocycles. The fourth-order valence-corrected chi connectivity index (χ4v) is 6.05. The van der Waals surface area contributed by atoms with Crippen LogP contribution in [0, 0.1) is 0 Å². The van der Waals surface area contributed by atoms with Crippen molar-refractivity contribution in [2.45, 2.75) is 32.0 Å². The second-order valence-electron chi connectivity index (χ2n) is 8.23. The summed E-state index contributed by atoms with van der Waals surface area (Å²) in [7, 11) is -2.98. The molecule has 2 aromatic carbocycles. The van der Waals surface area contributed by atoms with Gasteiger partial charge in [-0.1, -0.05) is 42.5 Å². The van der Waals surface area contributed by atoms with E-state index in [9.17, 15) is 13.2 Å². The molecule has 7 heteroatoms. The Morgan fingerprint density at radius 3 is 2.55 bits per heavy atom. The maximum absolute atomic E-state index is 12.6. The van der Waals surface area contributed by atoms with Gasteiger partial charge in [-0.3, -0.25) is 14.6 Å². The van der Waals surface area contributed by atoms with Crippen molar-refractivity contribution in [2.24, 2.45) is 0 Å². The molecule has 1 N–H and O–H groups in total. The highest BCUT2D eigenvalue weighted by atomic mass is 32.2. The summed E-state index contributed by atoms with van der Waals surface area (Å²) >= 11 is 0. The number of amides is 1. The molecule has 2 aliphatic heterocycles. The summed E-state index contributed by atoms with van der Waals surface area (Å²) in [6.07, 6.45) is 0.527. The number of nitrogens with zero attached hydrogens (tertiary/aromatic N) is 2. The quantitative estimate of drug-likeness (QED) is 0.804. The van der Waals surface area contributed by atoms with Gasteiger partial charge in [-0.25, -0.2) is 8.42 Å². The lowest BCUT2D eigenvalue weighted by Gasteiger charge is -2.37. The van der Waals surface area contributed by atoms with Gasteiger partial charge in [0.2, 0.25) is 5.91 Å². The van der Waals surface area contributed by atoms with E-state index in [-0.39, 0.29) is 29.5 Å². The molecule has 1 amide bonds. The summed E-state index contributed by atoms with van der Waals surface area (Å²) < 4.78 is 23.2. The molecule has 0 saturated carbocycles. The fourth-order valence-electron chi connectivity index (χ4n) is 4.38. The molecule has 0 unspecified atom stereocenters. The molecule has 0 aromatic heterocycles. The van der Waals surface area contributed by atoms with E-state index in [0.29, 0.717) is 6.42 Å². The van der Waals surface area contributed by atoms with Crippen molar-refractivity contribution in [1.29, 1.82) is 0 Å². The van der Waals surface area contributed by atoms with Gasteiger partial charge in [-0.15, -0.1) is 0 Å². The number of fused-ring (bicyclic) bond motifs is 1. The van der Waals surface area contributed by atoms with Crippen LogP contribution in [0.5, 0.6) is 0 Å². The molecule has 156 valence electrons. The summed E-state index contributed by atoms with van der Waals surface area (Å²) in [5.41, 5.74) is 1.34. The van der Waals surface area contributed by atoms with Crippen molar-refractivity contribution < 1.29 is 13.2 Å². The molecule has 0 spiro atoms. The number of sulfone groups is 1. The van der Waals surface area contributed by atoms with Gasteiger partial charge < -0.3 is 5.32 Å². The maximum Gasteiger partial charge on any atom is 0.237 e. The first kappa shape index (κ1) is 20.3.